The number of hydrogen-bond donors (Lipinski definition) is 0. The molecule has 0 atom stereocenters. The lowest BCUT2D eigenvalue weighted by Crippen LogP contribution is -2.05. The lowest BCUT2D eigenvalue weighted by Gasteiger charge is -2.08. The number of nitrogens with zero attached hydrogens (tertiary/aromatic N) is 1. The van der Waals surface area contributed by atoms with Crippen LogP contribution >= 0.6 is 0 Å². The lowest BCUT2D eigenvalue weighted by atomic mass is 10.3. The predicted molar refractivity (Wildman–Crippen MR) is 50.1 cm³/mol. The second kappa shape index (κ2) is 3.90. The summed E-state index contributed by atoms with van der Waals surface area (Å²) in [6, 6.07) is 1.92. The van der Waals surface area contributed by atoms with Gasteiger partial charge in [0.2, 0.25) is 0 Å². The summed E-state index contributed by atoms with van der Waals surface area (Å²) in [5.74, 6) is 0.794. The zero-order valence-corrected chi connectivity index (χ0v) is 7.45. The minimum absolute atomic E-state index is 0.187. The zero-order chi connectivity index (χ0) is 8.97. The van der Waals surface area contributed by atoms with E-state index in [0.717, 1.165) is 11.3 Å². The van der Waals surface area contributed by atoms with Crippen LogP contribution in [-0.4, -0.2) is 11.1 Å². The van der Waals surface area contributed by atoms with Crippen molar-refractivity contribution in [2.45, 2.75) is 20.0 Å². The number of rotatable bonds is 3. The van der Waals surface area contributed by atoms with Crippen LogP contribution in [-0.2, 0) is 0 Å². The Bertz CT molecular complexity index is 268. The third kappa shape index (κ3) is 2.38. The highest BCUT2D eigenvalue weighted by atomic mass is 16.5. The topological polar surface area (TPSA) is 22.1 Å². The first-order valence-electron chi connectivity index (χ1n) is 3.96. The van der Waals surface area contributed by atoms with Gasteiger partial charge in [-0.15, -0.1) is 0 Å². The summed E-state index contributed by atoms with van der Waals surface area (Å²) in [7, 11) is 0. The van der Waals surface area contributed by atoms with Crippen molar-refractivity contribution < 1.29 is 4.74 Å². The van der Waals surface area contributed by atoms with Gasteiger partial charge in [-0.3, -0.25) is 4.98 Å². The standard InChI is InChI=1S/C10H13NO/c1-4-9-5-10(7-11-6-9)12-8(2)3/h4-8H,1H2,2-3H3. The van der Waals surface area contributed by atoms with Crippen LogP contribution in [0.3, 0.4) is 0 Å². The number of aromatic nitrogens is 1. The van der Waals surface area contributed by atoms with Crippen molar-refractivity contribution in [3.05, 3.63) is 30.6 Å². The molecule has 0 unspecified atom stereocenters. The van der Waals surface area contributed by atoms with Crippen molar-refractivity contribution in [1.29, 1.82) is 0 Å². The molecule has 2 heteroatoms. The van der Waals surface area contributed by atoms with Crippen molar-refractivity contribution >= 4 is 6.08 Å². The van der Waals surface area contributed by atoms with Crippen LogP contribution in [0.25, 0.3) is 6.08 Å². The van der Waals surface area contributed by atoms with Crippen LogP contribution in [0.1, 0.15) is 19.4 Å². The third-order valence-electron chi connectivity index (χ3n) is 1.34. The minimum Gasteiger partial charge on any atom is -0.489 e. The summed E-state index contributed by atoms with van der Waals surface area (Å²) in [5.41, 5.74) is 0.980. The van der Waals surface area contributed by atoms with Gasteiger partial charge in [0.15, 0.2) is 0 Å². The maximum atomic E-state index is 5.45. The predicted octanol–water partition coefficient (Wildman–Crippen LogP) is 2.51. The molecule has 1 rings (SSSR count). The van der Waals surface area contributed by atoms with Crippen molar-refractivity contribution in [3.63, 3.8) is 0 Å². The van der Waals surface area contributed by atoms with Crippen molar-refractivity contribution in [1.82, 2.24) is 4.98 Å². The van der Waals surface area contributed by atoms with Crippen LogP contribution in [0, 0.1) is 0 Å². The Labute approximate surface area is 72.9 Å². The Kier molecular flexibility index (Phi) is 2.86. The summed E-state index contributed by atoms with van der Waals surface area (Å²) >= 11 is 0. The molecule has 1 aromatic rings. The van der Waals surface area contributed by atoms with Gasteiger partial charge in [0.1, 0.15) is 5.75 Å². The van der Waals surface area contributed by atoms with Gasteiger partial charge in [0, 0.05) is 6.20 Å². The molecule has 0 saturated carbocycles. The van der Waals surface area contributed by atoms with E-state index in [9.17, 15) is 0 Å². The Balaban J connectivity index is 2.79. The number of pyridine rings is 1. The van der Waals surface area contributed by atoms with Gasteiger partial charge >= 0.3 is 0 Å². The normalized spacial score (nSPS) is 9.92. The Morgan fingerprint density at radius 1 is 1.50 bits per heavy atom. The molecule has 1 heterocycles. The molecule has 0 aliphatic heterocycles. The second-order valence-corrected chi connectivity index (χ2v) is 2.82. The summed E-state index contributed by atoms with van der Waals surface area (Å²) in [6.07, 6.45) is 5.39. The molecule has 1 aromatic heterocycles. The maximum absolute atomic E-state index is 5.45. The molecule has 0 bridgehead atoms. The van der Waals surface area contributed by atoms with E-state index in [-0.39, 0.29) is 6.10 Å². The highest BCUT2D eigenvalue weighted by Crippen LogP contribution is 2.13. The van der Waals surface area contributed by atoms with Crippen molar-refractivity contribution in [2.75, 3.05) is 0 Å². The lowest BCUT2D eigenvalue weighted by molar-refractivity contribution is 0.241. The second-order valence-electron chi connectivity index (χ2n) is 2.82. The molecular formula is C10H13NO. The van der Waals surface area contributed by atoms with Crippen molar-refractivity contribution in [3.8, 4) is 5.75 Å². The van der Waals surface area contributed by atoms with Gasteiger partial charge in [0.25, 0.3) is 0 Å². The molecule has 0 aliphatic carbocycles. The van der Waals surface area contributed by atoms with Gasteiger partial charge in [-0.1, -0.05) is 12.7 Å². The van der Waals surface area contributed by atoms with Gasteiger partial charge in [-0.05, 0) is 25.5 Å². The third-order valence-corrected chi connectivity index (χ3v) is 1.34. The van der Waals surface area contributed by atoms with Gasteiger partial charge in [-0.25, -0.2) is 0 Å². The average Bonchev–Trinajstić information content (AvgIpc) is 2.03. The minimum atomic E-state index is 0.187. The van der Waals surface area contributed by atoms with Gasteiger partial charge in [-0.2, -0.15) is 0 Å². The maximum Gasteiger partial charge on any atom is 0.138 e. The van der Waals surface area contributed by atoms with Gasteiger partial charge < -0.3 is 4.74 Å². The fourth-order valence-corrected chi connectivity index (χ4v) is 0.884. The largest absolute Gasteiger partial charge is 0.489 e. The van der Waals surface area contributed by atoms with Crippen molar-refractivity contribution in [2.24, 2.45) is 0 Å². The number of hydrogen-bond acceptors (Lipinski definition) is 2. The smallest absolute Gasteiger partial charge is 0.138 e. The van der Waals surface area contributed by atoms with Crippen LogP contribution < -0.4 is 4.74 Å². The Morgan fingerprint density at radius 2 is 2.25 bits per heavy atom. The Hall–Kier alpha value is -1.31. The van der Waals surface area contributed by atoms with E-state index >= 15 is 0 Å². The summed E-state index contributed by atoms with van der Waals surface area (Å²) in [6.45, 7) is 7.63. The molecule has 0 N–H and O–H groups in total. The molecule has 0 saturated heterocycles. The summed E-state index contributed by atoms with van der Waals surface area (Å²) in [4.78, 5) is 4.01. The van der Waals surface area contributed by atoms with Crippen LogP contribution in [0.5, 0.6) is 5.75 Å². The van der Waals surface area contributed by atoms with Crippen LogP contribution in [0.15, 0.2) is 25.0 Å². The molecule has 0 fully saturated rings. The molecule has 0 aliphatic rings. The van der Waals surface area contributed by atoms with Gasteiger partial charge in [0.05, 0.1) is 12.3 Å². The first-order valence-corrected chi connectivity index (χ1v) is 3.96. The summed E-state index contributed by atoms with van der Waals surface area (Å²) in [5, 5.41) is 0. The van der Waals surface area contributed by atoms with E-state index in [1.165, 1.54) is 0 Å². The average molecular weight is 163 g/mol. The van der Waals surface area contributed by atoms with E-state index < -0.39 is 0 Å². The molecule has 64 valence electrons. The molecule has 0 aromatic carbocycles. The van der Waals surface area contributed by atoms with E-state index in [0.29, 0.717) is 0 Å². The van der Waals surface area contributed by atoms with Crippen LogP contribution in [0.4, 0.5) is 0 Å². The van der Waals surface area contributed by atoms with E-state index in [1.807, 2.05) is 19.9 Å². The zero-order valence-electron chi connectivity index (χ0n) is 7.45. The van der Waals surface area contributed by atoms with E-state index in [1.54, 1.807) is 18.5 Å². The first-order chi connectivity index (χ1) is 5.72. The fourth-order valence-electron chi connectivity index (χ4n) is 0.884. The first kappa shape index (κ1) is 8.78. The van der Waals surface area contributed by atoms with E-state index in [4.69, 9.17) is 4.74 Å². The van der Waals surface area contributed by atoms with Crippen LogP contribution in [0.2, 0.25) is 0 Å². The monoisotopic (exact) mass is 163 g/mol. The quantitative estimate of drug-likeness (QED) is 0.683. The molecule has 12 heavy (non-hydrogen) atoms. The molecule has 0 radical (unpaired) electrons. The highest BCUT2D eigenvalue weighted by Gasteiger charge is 1.97. The number of ether oxygens (including phenoxy) is 1. The molecular weight excluding hydrogens is 150 g/mol. The molecule has 0 amide bonds. The molecule has 2 nitrogen and oxygen atoms in total. The Morgan fingerprint density at radius 3 is 2.83 bits per heavy atom. The van der Waals surface area contributed by atoms with E-state index in [2.05, 4.69) is 11.6 Å². The highest BCUT2D eigenvalue weighted by molar-refractivity contribution is 5.47. The fraction of sp³-hybridized carbons (Fsp3) is 0.300. The summed E-state index contributed by atoms with van der Waals surface area (Å²) < 4.78 is 5.45. The SMILES string of the molecule is C=Cc1cncc(OC(C)C)c1. The molecule has 0 spiro atoms.